The van der Waals surface area contributed by atoms with Gasteiger partial charge in [-0.15, -0.1) is 0 Å². The van der Waals surface area contributed by atoms with Crippen LogP contribution in [0.2, 0.25) is 0 Å². The zero-order valence-corrected chi connectivity index (χ0v) is 11.8. The molecule has 0 amide bonds. The maximum absolute atomic E-state index is 12.0. The van der Waals surface area contributed by atoms with Gasteiger partial charge in [0.1, 0.15) is 5.75 Å². The average molecular weight is 309 g/mol. The van der Waals surface area contributed by atoms with Gasteiger partial charge in [-0.05, 0) is 33.6 Å². The molecule has 0 N–H and O–H groups in total. The maximum atomic E-state index is 12.0. The van der Waals surface area contributed by atoms with Crippen molar-refractivity contribution in [3.63, 3.8) is 0 Å². The van der Waals surface area contributed by atoms with E-state index in [1.165, 1.54) is 0 Å². The molecule has 5 heteroatoms. The molecule has 0 aliphatic rings. The Labute approximate surface area is 114 Å². The van der Waals surface area contributed by atoms with E-state index in [1.807, 2.05) is 18.2 Å². The first-order valence-electron chi connectivity index (χ1n) is 5.44. The Kier molecular flexibility index (Phi) is 3.81. The van der Waals surface area contributed by atoms with Crippen LogP contribution in [0.3, 0.4) is 0 Å². The van der Waals surface area contributed by atoms with E-state index in [9.17, 15) is 4.79 Å². The topological polar surface area (TPSA) is 44.1 Å². The summed E-state index contributed by atoms with van der Waals surface area (Å²) in [7, 11) is 3.40. The number of ketones is 1. The number of Topliss-reactive ketones (excluding diaryl/α,β-unsaturated/α-hetero) is 1. The molecule has 0 fully saturated rings. The van der Waals surface area contributed by atoms with Gasteiger partial charge in [-0.25, -0.2) is 0 Å². The van der Waals surface area contributed by atoms with Crippen LogP contribution in [0.1, 0.15) is 15.9 Å². The number of aromatic nitrogens is 2. The third-order valence-corrected chi connectivity index (χ3v) is 3.23. The van der Waals surface area contributed by atoms with Crippen LogP contribution in [0.5, 0.6) is 5.75 Å². The fourth-order valence-corrected chi connectivity index (χ4v) is 2.26. The molecule has 2 aromatic rings. The van der Waals surface area contributed by atoms with Gasteiger partial charge >= 0.3 is 0 Å². The number of benzene rings is 1. The van der Waals surface area contributed by atoms with Gasteiger partial charge in [-0.1, -0.05) is 6.07 Å². The van der Waals surface area contributed by atoms with Crippen molar-refractivity contribution < 1.29 is 9.53 Å². The van der Waals surface area contributed by atoms with Crippen LogP contribution >= 0.6 is 15.9 Å². The second kappa shape index (κ2) is 5.35. The molecule has 1 heterocycles. The molecular weight excluding hydrogens is 296 g/mol. The van der Waals surface area contributed by atoms with Crippen molar-refractivity contribution in [2.45, 2.75) is 6.42 Å². The SMILES string of the molecule is COc1ccc(CC(=O)c2cnn(C)c2)cc1Br. The minimum atomic E-state index is 0.0557. The normalized spacial score (nSPS) is 10.4. The zero-order chi connectivity index (χ0) is 13.1. The number of methoxy groups -OCH3 is 1. The minimum absolute atomic E-state index is 0.0557. The lowest BCUT2D eigenvalue weighted by molar-refractivity contribution is 0.0993. The first-order valence-corrected chi connectivity index (χ1v) is 6.23. The highest BCUT2D eigenvalue weighted by Gasteiger charge is 2.10. The Balaban J connectivity index is 2.14. The molecule has 0 atom stereocenters. The van der Waals surface area contributed by atoms with E-state index in [0.717, 1.165) is 15.8 Å². The molecule has 94 valence electrons. The fraction of sp³-hybridized carbons (Fsp3) is 0.231. The summed E-state index contributed by atoms with van der Waals surface area (Å²) in [5.41, 5.74) is 1.57. The largest absolute Gasteiger partial charge is 0.496 e. The first kappa shape index (κ1) is 12.8. The summed E-state index contributed by atoms with van der Waals surface area (Å²) in [4.78, 5) is 12.0. The van der Waals surface area contributed by atoms with Gasteiger partial charge in [-0.2, -0.15) is 5.10 Å². The van der Waals surface area contributed by atoms with Crippen molar-refractivity contribution in [3.05, 3.63) is 46.2 Å². The molecule has 0 saturated carbocycles. The lowest BCUT2D eigenvalue weighted by Gasteiger charge is -2.05. The van der Waals surface area contributed by atoms with Crippen LogP contribution in [0.15, 0.2) is 35.1 Å². The van der Waals surface area contributed by atoms with Crippen molar-refractivity contribution in [1.29, 1.82) is 0 Å². The van der Waals surface area contributed by atoms with Crippen LogP contribution in [0, 0.1) is 0 Å². The number of ether oxygens (including phenoxy) is 1. The van der Waals surface area contributed by atoms with E-state index in [4.69, 9.17) is 4.74 Å². The molecule has 0 aliphatic heterocycles. The first-order chi connectivity index (χ1) is 8.60. The van der Waals surface area contributed by atoms with Gasteiger partial charge in [-0.3, -0.25) is 9.48 Å². The monoisotopic (exact) mass is 308 g/mol. The lowest BCUT2D eigenvalue weighted by Crippen LogP contribution is -2.02. The molecular formula is C13H13BrN2O2. The fourth-order valence-electron chi connectivity index (χ4n) is 1.67. The Morgan fingerprint density at radius 2 is 2.28 bits per heavy atom. The van der Waals surface area contributed by atoms with Gasteiger partial charge in [0.05, 0.1) is 23.3 Å². The van der Waals surface area contributed by atoms with E-state index in [0.29, 0.717) is 12.0 Å². The van der Waals surface area contributed by atoms with Crippen molar-refractivity contribution in [2.24, 2.45) is 7.05 Å². The van der Waals surface area contributed by atoms with Gasteiger partial charge in [0.25, 0.3) is 0 Å². The molecule has 18 heavy (non-hydrogen) atoms. The summed E-state index contributed by atoms with van der Waals surface area (Å²) in [6, 6.07) is 5.63. The summed E-state index contributed by atoms with van der Waals surface area (Å²) in [6.45, 7) is 0. The summed E-state index contributed by atoms with van der Waals surface area (Å²) in [5, 5.41) is 3.99. The molecule has 1 aromatic heterocycles. The number of hydrogen-bond acceptors (Lipinski definition) is 3. The van der Waals surface area contributed by atoms with E-state index in [1.54, 1.807) is 31.2 Å². The summed E-state index contributed by atoms with van der Waals surface area (Å²) in [5.74, 6) is 0.813. The van der Waals surface area contributed by atoms with E-state index >= 15 is 0 Å². The molecule has 0 unspecified atom stereocenters. The summed E-state index contributed by atoms with van der Waals surface area (Å²) < 4.78 is 7.62. The smallest absolute Gasteiger partial charge is 0.170 e. The Morgan fingerprint density at radius 1 is 1.50 bits per heavy atom. The minimum Gasteiger partial charge on any atom is -0.496 e. The number of rotatable bonds is 4. The lowest BCUT2D eigenvalue weighted by atomic mass is 10.1. The highest BCUT2D eigenvalue weighted by molar-refractivity contribution is 9.10. The number of carbonyl (C=O) groups is 1. The van der Waals surface area contributed by atoms with Crippen LogP contribution in [-0.2, 0) is 13.5 Å². The van der Waals surface area contributed by atoms with Gasteiger partial charge in [0.2, 0.25) is 0 Å². The van der Waals surface area contributed by atoms with Crippen molar-refractivity contribution in [1.82, 2.24) is 9.78 Å². The molecule has 1 aromatic carbocycles. The second-order valence-corrected chi connectivity index (χ2v) is 4.83. The number of carbonyl (C=O) groups excluding carboxylic acids is 1. The third kappa shape index (κ3) is 2.79. The molecule has 2 rings (SSSR count). The Morgan fingerprint density at radius 3 is 2.83 bits per heavy atom. The predicted molar refractivity (Wildman–Crippen MR) is 71.9 cm³/mol. The molecule has 0 radical (unpaired) electrons. The van der Waals surface area contributed by atoms with E-state index in [2.05, 4.69) is 21.0 Å². The average Bonchev–Trinajstić information content (AvgIpc) is 2.76. The van der Waals surface area contributed by atoms with Crippen molar-refractivity contribution in [2.75, 3.05) is 7.11 Å². The predicted octanol–water partition coefficient (Wildman–Crippen LogP) is 2.62. The van der Waals surface area contributed by atoms with E-state index < -0.39 is 0 Å². The highest BCUT2D eigenvalue weighted by Crippen LogP contribution is 2.26. The van der Waals surface area contributed by atoms with Crippen molar-refractivity contribution in [3.8, 4) is 5.75 Å². The molecule has 4 nitrogen and oxygen atoms in total. The quantitative estimate of drug-likeness (QED) is 0.816. The van der Waals surface area contributed by atoms with Crippen LogP contribution in [0.4, 0.5) is 0 Å². The van der Waals surface area contributed by atoms with E-state index in [-0.39, 0.29) is 5.78 Å². The van der Waals surface area contributed by atoms with Crippen LogP contribution in [-0.4, -0.2) is 22.7 Å². The standard InChI is InChI=1S/C13H13BrN2O2/c1-16-8-10(7-15-16)12(17)6-9-3-4-13(18-2)11(14)5-9/h3-5,7-8H,6H2,1-2H3. The summed E-state index contributed by atoms with van der Waals surface area (Å²) in [6.07, 6.45) is 3.66. The third-order valence-electron chi connectivity index (χ3n) is 2.61. The Hall–Kier alpha value is -1.62. The second-order valence-electron chi connectivity index (χ2n) is 3.97. The van der Waals surface area contributed by atoms with Crippen LogP contribution < -0.4 is 4.74 Å². The maximum Gasteiger partial charge on any atom is 0.170 e. The van der Waals surface area contributed by atoms with Gasteiger partial charge in [0, 0.05) is 19.7 Å². The van der Waals surface area contributed by atoms with Crippen LogP contribution in [0.25, 0.3) is 0 Å². The van der Waals surface area contributed by atoms with Gasteiger partial charge in [0.15, 0.2) is 5.78 Å². The van der Waals surface area contributed by atoms with Crippen molar-refractivity contribution >= 4 is 21.7 Å². The zero-order valence-electron chi connectivity index (χ0n) is 10.2. The highest BCUT2D eigenvalue weighted by atomic mass is 79.9. The molecule has 0 saturated heterocycles. The molecule has 0 spiro atoms. The summed E-state index contributed by atoms with van der Waals surface area (Å²) >= 11 is 3.40. The number of halogens is 1. The molecule has 0 aliphatic carbocycles. The number of aryl methyl sites for hydroxylation is 1. The number of nitrogens with zero attached hydrogens (tertiary/aromatic N) is 2. The van der Waals surface area contributed by atoms with Gasteiger partial charge < -0.3 is 4.74 Å². The molecule has 0 bridgehead atoms. The number of hydrogen-bond donors (Lipinski definition) is 0. The Bertz CT molecular complexity index is 578.